The molecule has 2 saturated heterocycles. The highest BCUT2D eigenvalue weighted by atomic mass is 32.2. The minimum Gasteiger partial charge on any atom is -0.380 e. The summed E-state index contributed by atoms with van der Waals surface area (Å²) in [5.41, 5.74) is -3.23. The number of piperazine rings is 1. The number of ether oxygens (including phenoxy) is 1. The molecule has 15 heteroatoms. The fourth-order valence-corrected chi connectivity index (χ4v) is 7.78. The van der Waals surface area contributed by atoms with Gasteiger partial charge in [0.05, 0.1) is 41.4 Å². The molecule has 230 valence electrons. The summed E-state index contributed by atoms with van der Waals surface area (Å²) in [5.74, 6) is -2.06. The van der Waals surface area contributed by atoms with Crippen molar-refractivity contribution in [3.8, 4) is 11.1 Å². The quantitative estimate of drug-likeness (QED) is 0.247. The number of carbonyl (C=O) groups is 1. The number of nitrogens with zero attached hydrogens (tertiary/aromatic N) is 6. The highest BCUT2D eigenvalue weighted by Gasteiger charge is 2.45. The van der Waals surface area contributed by atoms with Gasteiger partial charge in [-0.15, -0.1) is 11.8 Å². The van der Waals surface area contributed by atoms with Crippen LogP contribution in [0.4, 0.5) is 27.8 Å². The van der Waals surface area contributed by atoms with Crippen molar-refractivity contribution in [3.05, 3.63) is 58.7 Å². The Morgan fingerprint density at radius 2 is 1.80 bits per heavy atom. The van der Waals surface area contributed by atoms with Gasteiger partial charge in [0, 0.05) is 78.4 Å². The van der Waals surface area contributed by atoms with Crippen molar-refractivity contribution in [1.82, 2.24) is 24.2 Å². The first-order valence-electron chi connectivity index (χ1n) is 13.8. The predicted octanol–water partition coefficient (Wildman–Crippen LogP) is 4.20. The first-order chi connectivity index (χ1) is 20.9. The summed E-state index contributed by atoms with van der Waals surface area (Å²) in [6.45, 7) is 5.18. The maximum atomic E-state index is 15.8. The van der Waals surface area contributed by atoms with Crippen molar-refractivity contribution < 1.29 is 31.5 Å². The summed E-state index contributed by atoms with van der Waals surface area (Å²) in [4.78, 5) is 33.4. The molecule has 0 aliphatic carbocycles. The zero-order valence-corrected chi connectivity index (χ0v) is 24.2. The van der Waals surface area contributed by atoms with Crippen molar-refractivity contribution >= 4 is 45.3 Å². The third-order valence-corrected chi connectivity index (χ3v) is 10.0. The number of fused-ring (bicyclic) bond motifs is 1. The second-order valence-corrected chi connectivity index (χ2v) is 12.4. The van der Waals surface area contributed by atoms with Crippen molar-refractivity contribution in [2.75, 3.05) is 50.0 Å². The summed E-state index contributed by atoms with van der Waals surface area (Å²) < 4.78 is 83.9. The molecule has 0 radical (unpaired) electrons. The van der Waals surface area contributed by atoms with Crippen LogP contribution in [-0.2, 0) is 29.3 Å². The van der Waals surface area contributed by atoms with Crippen molar-refractivity contribution in [3.63, 3.8) is 0 Å². The second-order valence-electron chi connectivity index (χ2n) is 11.4. The second kappa shape index (κ2) is 10.0. The zero-order valence-electron chi connectivity index (χ0n) is 23.4. The first kappa shape index (κ1) is 28.8. The van der Waals surface area contributed by atoms with E-state index in [2.05, 4.69) is 16.7 Å². The van der Waals surface area contributed by atoms with Gasteiger partial charge in [0.25, 0.3) is 0 Å². The van der Waals surface area contributed by atoms with E-state index < -0.39 is 45.6 Å². The zero-order chi connectivity index (χ0) is 31.1. The molecule has 0 saturated carbocycles. The standard InChI is InChI=1S/C29H25F5N6O3S/c1-3-20(41)38-4-6-39(7-5-38)26-15-8-17(29(32,33)34)21(22-19(31)9-18(30)16-10-35-37(2)23(16)22)25-24(15)40(27(42)36-26)11-28(14-44-25)12-43-13-28/h3,8-10H,1,4-7,11-14H2,2H3. The lowest BCUT2D eigenvalue weighted by Crippen LogP contribution is -2.50. The molecule has 3 aliphatic heterocycles. The number of aryl methyl sites for hydroxylation is 1. The van der Waals surface area contributed by atoms with Crippen LogP contribution in [0.2, 0.25) is 0 Å². The lowest BCUT2D eigenvalue weighted by atomic mass is 9.88. The van der Waals surface area contributed by atoms with Gasteiger partial charge in [-0.25, -0.2) is 13.6 Å². The predicted molar refractivity (Wildman–Crippen MR) is 154 cm³/mol. The average molecular weight is 633 g/mol. The Kier molecular flexibility index (Phi) is 6.55. The third-order valence-electron chi connectivity index (χ3n) is 8.58. The highest BCUT2D eigenvalue weighted by molar-refractivity contribution is 7.99. The van der Waals surface area contributed by atoms with E-state index in [0.29, 0.717) is 25.0 Å². The van der Waals surface area contributed by atoms with E-state index in [1.807, 2.05) is 0 Å². The maximum absolute atomic E-state index is 15.8. The number of aromatic nitrogens is 4. The maximum Gasteiger partial charge on any atom is 0.417 e. The Hall–Kier alpha value is -3.98. The van der Waals surface area contributed by atoms with Gasteiger partial charge in [-0.3, -0.25) is 14.0 Å². The van der Waals surface area contributed by atoms with Crippen molar-refractivity contribution in [2.45, 2.75) is 17.6 Å². The van der Waals surface area contributed by atoms with Crippen LogP contribution in [0.25, 0.3) is 32.9 Å². The molecule has 3 aliphatic rings. The molecular weight excluding hydrogens is 607 g/mol. The molecule has 0 bridgehead atoms. The Morgan fingerprint density at radius 3 is 2.43 bits per heavy atom. The summed E-state index contributed by atoms with van der Waals surface area (Å²) in [6, 6.07) is 1.47. The third kappa shape index (κ3) is 4.30. The number of amides is 1. The van der Waals surface area contributed by atoms with Crippen LogP contribution in [0, 0.1) is 17.0 Å². The SMILES string of the molecule is C=CC(=O)N1CCN(c2nc(=O)n3c4c(c(-c5c(F)cc(F)c6cnn(C)c56)c(C(F)(F)F)cc24)SCC2(COC2)C3)CC1. The minimum atomic E-state index is -4.97. The topological polar surface area (TPSA) is 85.5 Å². The number of anilines is 1. The molecule has 9 nitrogen and oxygen atoms in total. The van der Waals surface area contributed by atoms with E-state index in [9.17, 15) is 14.0 Å². The molecule has 1 amide bonds. The van der Waals surface area contributed by atoms with Crippen LogP contribution in [0.3, 0.4) is 0 Å². The fraction of sp³-hybridized carbons (Fsp3) is 0.379. The molecular formula is C29H25F5N6O3S. The van der Waals surface area contributed by atoms with Gasteiger partial charge in [0.2, 0.25) is 5.91 Å². The Balaban J connectivity index is 1.56. The number of hydrogen-bond donors (Lipinski definition) is 0. The number of alkyl halides is 3. The van der Waals surface area contributed by atoms with E-state index in [0.717, 1.165) is 28.7 Å². The summed E-state index contributed by atoms with van der Waals surface area (Å²) in [6.07, 6.45) is -2.64. The number of carbonyl (C=O) groups excluding carboxylic acids is 1. The number of benzene rings is 2. The van der Waals surface area contributed by atoms with Crippen LogP contribution in [-0.4, -0.2) is 75.3 Å². The average Bonchev–Trinajstić information content (AvgIpc) is 3.24. The number of hydrogen-bond acceptors (Lipinski definition) is 7. The molecule has 1 spiro atoms. The van der Waals surface area contributed by atoms with E-state index in [-0.39, 0.29) is 71.2 Å². The molecule has 0 unspecified atom stereocenters. The van der Waals surface area contributed by atoms with Crippen LogP contribution < -0.4 is 10.6 Å². The highest BCUT2D eigenvalue weighted by Crippen LogP contribution is 2.52. The van der Waals surface area contributed by atoms with E-state index >= 15 is 17.6 Å². The molecule has 0 N–H and O–H groups in total. The van der Waals surface area contributed by atoms with Gasteiger partial charge in [0.15, 0.2) is 0 Å². The Bertz CT molecular complexity index is 1940. The molecule has 5 heterocycles. The summed E-state index contributed by atoms with van der Waals surface area (Å²) in [7, 11) is 1.40. The lowest BCUT2D eigenvalue weighted by molar-refractivity contribution is -0.137. The Morgan fingerprint density at radius 1 is 1.07 bits per heavy atom. The normalized spacial score (nSPS) is 18.1. The Labute approximate surface area is 250 Å². The molecule has 2 fully saturated rings. The summed E-state index contributed by atoms with van der Waals surface area (Å²) >= 11 is 1.10. The van der Waals surface area contributed by atoms with Crippen LogP contribution >= 0.6 is 11.8 Å². The van der Waals surface area contributed by atoms with Crippen molar-refractivity contribution in [2.24, 2.45) is 12.5 Å². The molecule has 0 atom stereocenters. The van der Waals surface area contributed by atoms with Gasteiger partial charge >= 0.3 is 11.9 Å². The van der Waals surface area contributed by atoms with Crippen molar-refractivity contribution in [1.29, 1.82) is 0 Å². The fourth-order valence-electron chi connectivity index (χ4n) is 6.35. The van der Waals surface area contributed by atoms with E-state index in [1.54, 1.807) is 9.80 Å². The largest absolute Gasteiger partial charge is 0.417 e. The van der Waals surface area contributed by atoms with E-state index in [4.69, 9.17) is 4.74 Å². The first-order valence-corrected chi connectivity index (χ1v) is 14.8. The lowest BCUT2D eigenvalue weighted by Gasteiger charge is -2.40. The summed E-state index contributed by atoms with van der Waals surface area (Å²) in [5, 5.41) is 3.95. The van der Waals surface area contributed by atoms with Gasteiger partial charge in [-0.05, 0) is 12.1 Å². The molecule has 2 aromatic carbocycles. The van der Waals surface area contributed by atoms with Crippen LogP contribution in [0.1, 0.15) is 5.56 Å². The van der Waals surface area contributed by atoms with Crippen LogP contribution in [0.15, 0.2) is 40.7 Å². The van der Waals surface area contributed by atoms with Gasteiger partial charge in [-0.1, -0.05) is 6.58 Å². The van der Waals surface area contributed by atoms with Gasteiger partial charge in [-0.2, -0.15) is 23.3 Å². The monoisotopic (exact) mass is 632 g/mol. The van der Waals surface area contributed by atoms with Gasteiger partial charge < -0.3 is 14.5 Å². The molecule has 7 rings (SSSR count). The van der Waals surface area contributed by atoms with E-state index in [1.165, 1.54) is 17.7 Å². The minimum absolute atomic E-state index is 0.0489. The molecule has 2 aromatic heterocycles. The smallest absolute Gasteiger partial charge is 0.380 e. The molecule has 4 aromatic rings. The van der Waals surface area contributed by atoms with Crippen LogP contribution in [0.5, 0.6) is 0 Å². The number of thioether (sulfide) groups is 1. The van der Waals surface area contributed by atoms with Gasteiger partial charge in [0.1, 0.15) is 17.5 Å². The number of rotatable bonds is 3. The number of halogens is 5. The molecule has 44 heavy (non-hydrogen) atoms.